The lowest BCUT2D eigenvalue weighted by atomic mass is 10.1. The summed E-state index contributed by atoms with van der Waals surface area (Å²) in [5, 5.41) is 0.649. The van der Waals surface area contributed by atoms with Crippen LogP contribution in [0.3, 0.4) is 0 Å². The van der Waals surface area contributed by atoms with E-state index in [0.29, 0.717) is 48.7 Å². The third-order valence-corrected chi connectivity index (χ3v) is 6.75. The van der Waals surface area contributed by atoms with E-state index in [2.05, 4.69) is 58.9 Å². The van der Waals surface area contributed by atoms with Crippen LogP contribution in [0, 0.1) is 0 Å². The van der Waals surface area contributed by atoms with E-state index in [4.69, 9.17) is 18.6 Å². The van der Waals surface area contributed by atoms with Crippen LogP contribution in [-0.2, 0) is 0 Å². The number of benzene rings is 1. The average molecular weight is 553 g/mol. The Kier molecular flexibility index (Phi) is 16.6. The van der Waals surface area contributed by atoms with Crippen molar-refractivity contribution in [2.45, 2.75) is 112 Å². The number of unbranched alkanes of at least 4 members (excludes halogenated alkanes) is 7. The first-order valence-electron chi connectivity index (χ1n) is 15.4. The zero-order valence-corrected chi connectivity index (χ0v) is 25.7. The summed E-state index contributed by atoms with van der Waals surface area (Å²) in [6, 6.07) is 5.51. The minimum Gasteiger partial charge on any atom is -0.489 e. The molecule has 222 valence electrons. The molecule has 0 fully saturated rings. The summed E-state index contributed by atoms with van der Waals surface area (Å²) in [6.07, 6.45) is 21.9. The van der Waals surface area contributed by atoms with Crippen LogP contribution in [-0.4, -0.2) is 19.8 Å². The van der Waals surface area contributed by atoms with Crippen molar-refractivity contribution in [2.24, 2.45) is 0 Å². The smallest absolute Gasteiger partial charge is 0.383 e. The second-order valence-electron chi connectivity index (χ2n) is 10.7. The fourth-order valence-electron chi connectivity index (χ4n) is 4.44. The van der Waals surface area contributed by atoms with Gasteiger partial charge in [0.1, 0.15) is 23.3 Å². The topological polar surface area (TPSA) is 57.9 Å². The highest BCUT2D eigenvalue weighted by molar-refractivity contribution is 5.91. The second-order valence-corrected chi connectivity index (χ2v) is 10.7. The van der Waals surface area contributed by atoms with Gasteiger partial charge in [-0.3, -0.25) is 0 Å². The average Bonchev–Trinajstić information content (AvgIpc) is 2.92. The van der Waals surface area contributed by atoms with Crippen LogP contribution in [0.2, 0.25) is 0 Å². The van der Waals surface area contributed by atoms with Gasteiger partial charge in [0.15, 0.2) is 5.75 Å². The van der Waals surface area contributed by atoms with Crippen molar-refractivity contribution in [1.82, 2.24) is 0 Å². The molecular weight excluding hydrogens is 500 g/mol. The third kappa shape index (κ3) is 12.5. The van der Waals surface area contributed by atoms with Crippen molar-refractivity contribution >= 4 is 11.0 Å². The number of rotatable bonds is 21. The molecule has 5 nitrogen and oxygen atoms in total. The molecule has 0 atom stereocenters. The summed E-state index contributed by atoms with van der Waals surface area (Å²) in [4.78, 5) is 13.0. The molecule has 0 spiro atoms. The van der Waals surface area contributed by atoms with Crippen molar-refractivity contribution < 1.29 is 18.6 Å². The van der Waals surface area contributed by atoms with Crippen LogP contribution in [0.5, 0.6) is 17.2 Å². The molecule has 0 aliphatic heterocycles. The van der Waals surface area contributed by atoms with E-state index in [0.717, 1.165) is 32.1 Å². The van der Waals surface area contributed by atoms with Gasteiger partial charge in [0.25, 0.3) is 0 Å². The van der Waals surface area contributed by atoms with Crippen LogP contribution in [0.1, 0.15) is 112 Å². The highest BCUT2D eigenvalue weighted by atomic mass is 16.5. The van der Waals surface area contributed by atoms with E-state index in [1.165, 1.54) is 49.7 Å². The minimum absolute atomic E-state index is 0.126. The predicted molar refractivity (Wildman–Crippen MR) is 168 cm³/mol. The van der Waals surface area contributed by atoms with Gasteiger partial charge in [-0.25, -0.2) is 4.79 Å². The van der Waals surface area contributed by atoms with Gasteiger partial charge < -0.3 is 18.6 Å². The van der Waals surface area contributed by atoms with Crippen LogP contribution in [0.15, 0.2) is 62.9 Å². The van der Waals surface area contributed by atoms with Gasteiger partial charge >= 0.3 is 5.63 Å². The van der Waals surface area contributed by atoms with Gasteiger partial charge in [-0.05, 0) is 71.1 Å². The van der Waals surface area contributed by atoms with Crippen molar-refractivity contribution in [3.63, 3.8) is 0 Å². The molecule has 0 bridgehead atoms. The zero-order chi connectivity index (χ0) is 29.0. The number of ether oxygens (including phenoxy) is 3. The molecule has 1 aromatic heterocycles. The van der Waals surface area contributed by atoms with Crippen molar-refractivity contribution in [2.75, 3.05) is 19.8 Å². The Hall–Kier alpha value is -2.95. The van der Waals surface area contributed by atoms with E-state index in [-0.39, 0.29) is 5.75 Å². The van der Waals surface area contributed by atoms with Crippen molar-refractivity contribution in [3.05, 3.63) is 64.1 Å². The van der Waals surface area contributed by atoms with Crippen molar-refractivity contribution in [1.29, 1.82) is 0 Å². The normalized spacial score (nSPS) is 11.8. The quantitative estimate of drug-likeness (QED) is 0.0876. The maximum absolute atomic E-state index is 13.0. The molecule has 0 N–H and O–H groups in total. The maximum Gasteiger partial charge on any atom is 0.383 e. The summed E-state index contributed by atoms with van der Waals surface area (Å²) >= 11 is 0. The van der Waals surface area contributed by atoms with Crippen LogP contribution < -0.4 is 19.8 Å². The summed E-state index contributed by atoms with van der Waals surface area (Å²) in [5.41, 5.74) is 2.53. The van der Waals surface area contributed by atoms with Gasteiger partial charge in [-0.2, -0.15) is 0 Å². The van der Waals surface area contributed by atoms with E-state index in [1.807, 2.05) is 12.1 Å². The molecule has 0 aliphatic rings. The van der Waals surface area contributed by atoms with E-state index in [9.17, 15) is 4.79 Å². The molecule has 0 aliphatic carbocycles. The van der Waals surface area contributed by atoms with E-state index in [1.54, 1.807) is 6.07 Å². The number of fused-ring (bicyclic) bond motifs is 1. The monoisotopic (exact) mass is 552 g/mol. The Bertz CT molecular complexity index is 1130. The molecule has 0 saturated heterocycles. The standard InChI is InChI=1S/C35H52O5/c1-6-8-10-12-13-14-15-17-25-38-33-32-30(37-27-24-29(5)21-18-20-28(3)4)22-19-23-31(32)40-35(36)34(33)39-26-16-11-9-7-2/h9,11,19-20,22-24H,6-8,10,12-18,21,25-27H2,1-5H3/b11-9?,29-24+. The van der Waals surface area contributed by atoms with Crippen LogP contribution >= 0.6 is 0 Å². The Morgan fingerprint density at radius 3 is 2.25 bits per heavy atom. The highest BCUT2D eigenvalue weighted by Gasteiger charge is 2.21. The fourth-order valence-corrected chi connectivity index (χ4v) is 4.44. The molecule has 0 saturated carbocycles. The number of hydrogen-bond acceptors (Lipinski definition) is 5. The van der Waals surface area contributed by atoms with Gasteiger partial charge in [-0.1, -0.05) is 94.2 Å². The molecule has 1 aromatic carbocycles. The van der Waals surface area contributed by atoms with Gasteiger partial charge in [0.05, 0.1) is 13.2 Å². The Morgan fingerprint density at radius 1 is 0.800 bits per heavy atom. The summed E-state index contributed by atoms with van der Waals surface area (Å²) < 4.78 is 24.1. The summed E-state index contributed by atoms with van der Waals surface area (Å²) in [7, 11) is 0. The Balaban J connectivity index is 2.19. The number of hydrogen-bond donors (Lipinski definition) is 0. The third-order valence-electron chi connectivity index (χ3n) is 6.75. The molecule has 1 heterocycles. The molecule has 0 amide bonds. The SMILES string of the molecule is CCC=CCCOc1c(OCCCCCCCCCC)c2c(OC/C=C(\C)CCC=C(C)C)cccc2oc1=O. The largest absolute Gasteiger partial charge is 0.489 e. The molecule has 2 aromatic rings. The first-order valence-corrected chi connectivity index (χ1v) is 15.4. The lowest BCUT2D eigenvalue weighted by Crippen LogP contribution is -2.12. The van der Waals surface area contributed by atoms with Gasteiger partial charge in [0.2, 0.25) is 5.75 Å². The highest BCUT2D eigenvalue weighted by Crippen LogP contribution is 2.39. The maximum atomic E-state index is 13.0. The lowest BCUT2D eigenvalue weighted by Gasteiger charge is -2.16. The summed E-state index contributed by atoms with van der Waals surface area (Å²) in [5.74, 6) is 1.17. The predicted octanol–water partition coefficient (Wildman–Crippen LogP) is 10.1. The van der Waals surface area contributed by atoms with Gasteiger partial charge in [-0.15, -0.1) is 0 Å². The Morgan fingerprint density at radius 2 is 1.52 bits per heavy atom. The first-order chi connectivity index (χ1) is 19.5. The van der Waals surface area contributed by atoms with Crippen LogP contribution in [0.25, 0.3) is 11.0 Å². The Labute approximate surface area is 242 Å². The zero-order valence-electron chi connectivity index (χ0n) is 25.7. The molecule has 5 heteroatoms. The molecule has 0 unspecified atom stereocenters. The molecule has 2 rings (SSSR count). The van der Waals surface area contributed by atoms with E-state index < -0.39 is 5.63 Å². The van der Waals surface area contributed by atoms with E-state index >= 15 is 0 Å². The summed E-state index contributed by atoms with van der Waals surface area (Å²) in [6.45, 7) is 12.0. The first kappa shape index (κ1) is 33.3. The van der Waals surface area contributed by atoms with Crippen LogP contribution in [0.4, 0.5) is 0 Å². The second kappa shape index (κ2) is 20.0. The van der Waals surface area contributed by atoms with Crippen molar-refractivity contribution in [3.8, 4) is 17.2 Å². The molecule has 40 heavy (non-hydrogen) atoms. The number of allylic oxidation sites excluding steroid dienone is 4. The molecule has 0 radical (unpaired) electrons. The fraction of sp³-hybridized carbons (Fsp3) is 0.571. The van der Waals surface area contributed by atoms with Gasteiger partial charge in [0, 0.05) is 0 Å². The molecular formula is C35H52O5. The lowest BCUT2D eigenvalue weighted by molar-refractivity contribution is 0.256. The minimum atomic E-state index is -0.523.